The Morgan fingerprint density at radius 1 is 1.79 bits per heavy atom. The third-order valence-electron chi connectivity index (χ3n) is 1.67. The fraction of sp³-hybridized carbons (Fsp3) is 0.273. The van der Waals surface area contributed by atoms with E-state index in [9.17, 15) is 4.79 Å². The zero-order valence-corrected chi connectivity index (χ0v) is 7.93. The molecule has 1 unspecified atom stereocenters. The molecule has 0 amide bonds. The Kier molecular flexibility index (Phi) is 3.69. The fourth-order valence-electron chi connectivity index (χ4n) is 1.10. The van der Waals surface area contributed by atoms with Crippen molar-refractivity contribution in [3.8, 4) is 12.3 Å². The average molecular weight is 189 g/mol. The zero-order valence-electron chi connectivity index (χ0n) is 7.93. The van der Waals surface area contributed by atoms with Gasteiger partial charge in [0.1, 0.15) is 6.10 Å². The van der Waals surface area contributed by atoms with E-state index >= 15 is 0 Å². The lowest BCUT2D eigenvalue weighted by atomic mass is 10.1. The van der Waals surface area contributed by atoms with Crippen LogP contribution in [0.15, 0.2) is 24.5 Å². The number of esters is 1. The molecule has 0 N–H and O–H groups in total. The Morgan fingerprint density at radius 2 is 2.57 bits per heavy atom. The standard InChI is InChI=1S/C11H11NO2/c1-3-5-11(14-9(2)13)10-6-4-7-12-8-10/h1,4,6-8,11H,5H2,2H3. The van der Waals surface area contributed by atoms with E-state index in [-0.39, 0.29) is 12.1 Å². The molecule has 72 valence electrons. The van der Waals surface area contributed by atoms with Gasteiger partial charge in [-0.25, -0.2) is 0 Å². The highest BCUT2D eigenvalue weighted by Gasteiger charge is 2.12. The van der Waals surface area contributed by atoms with Gasteiger partial charge < -0.3 is 4.74 Å². The first-order valence-corrected chi connectivity index (χ1v) is 4.24. The van der Waals surface area contributed by atoms with Crippen LogP contribution in [-0.2, 0) is 9.53 Å². The van der Waals surface area contributed by atoms with Gasteiger partial charge in [-0.3, -0.25) is 9.78 Å². The van der Waals surface area contributed by atoms with Gasteiger partial charge in [-0.2, -0.15) is 0 Å². The minimum Gasteiger partial charge on any atom is -0.457 e. The zero-order chi connectivity index (χ0) is 10.4. The van der Waals surface area contributed by atoms with Gasteiger partial charge in [0.15, 0.2) is 0 Å². The normalized spacial score (nSPS) is 11.4. The number of aromatic nitrogens is 1. The van der Waals surface area contributed by atoms with E-state index < -0.39 is 0 Å². The molecule has 0 saturated heterocycles. The van der Waals surface area contributed by atoms with E-state index in [1.54, 1.807) is 18.5 Å². The van der Waals surface area contributed by atoms with Gasteiger partial charge in [-0.1, -0.05) is 6.07 Å². The van der Waals surface area contributed by atoms with Crippen molar-refractivity contribution in [3.63, 3.8) is 0 Å². The van der Waals surface area contributed by atoms with Crippen molar-refractivity contribution in [1.29, 1.82) is 0 Å². The average Bonchev–Trinajstić information content (AvgIpc) is 2.18. The summed E-state index contributed by atoms with van der Waals surface area (Å²) < 4.78 is 5.06. The van der Waals surface area contributed by atoms with Crippen LogP contribution in [0.3, 0.4) is 0 Å². The van der Waals surface area contributed by atoms with Crippen LogP contribution in [0.5, 0.6) is 0 Å². The minimum atomic E-state index is -0.383. The molecule has 0 spiro atoms. The molecule has 0 saturated carbocycles. The third kappa shape index (κ3) is 2.91. The molecule has 1 aromatic rings. The van der Waals surface area contributed by atoms with Crippen LogP contribution in [0.25, 0.3) is 0 Å². The summed E-state index contributed by atoms with van der Waals surface area (Å²) in [6.45, 7) is 1.36. The lowest BCUT2D eigenvalue weighted by Crippen LogP contribution is -2.08. The molecule has 0 aliphatic carbocycles. The molecule has 1 atom stereocenters. The molecule has 14 heavy (non-hydrogen) atoms. The van der Waals surface area contributed by atoms with E-state index in [1.807, 2.05) is 6.07 Å². The molecule has 0 fully saturated rings. The Bertz CT molecular complexity index is 340. The van der Waals surface area contributed by atoms with Gasteiger partial charge >= 0.3 is 5.97 Å². The number of carbonyl (C=O) groups excluding carboxylic acids is 1. The summed E-state index contributed by atoms with van der Waals surface area (Å²) in [5.41, 5.74) is 0.820. The second-order valence-corrected chi connectivity index (χ2v) is 2.79. The molecule has 3 nitrogen and oxygen atoms in total. The molecule has 1 rings (SSSR count). The van der Waals surface area contributed by atoms with Crippen molar-refractivity contribution < 1.29 is 9.53 Å². The van der Waals surface area contributed by atoms with Crippen molar-refractivity contribution >= 4 is 5.97 Å². The monoisotopic (exact) mass is 189 g/mol. The highest BCUT2D eigenvalue weighted by molar-refractivity contribution is 5.66. The molecular weight excluding hydrogens is 178 g/mol. The maximum absolute atomic E-state index is 10.8. The van der Waals surface area contributed by atoms with Gasteiger partial charge in [-0.15, -0.1) is 12.3 Å². The second-order valence-electron chi connectivity index (χ2n) is 2.79. The summed E-state index contributed by atoms with van der Waals surface area (Å²) >= 11 is 0. The van der Waals surface area contributed by atoms with Crippen LogP contribution in [0.4, 0.5) is 0 Å². The summed E-state index contributed by atoms with van der Waals surface area (Å²) in [6.07, 6.45) is 8.46. The smallest absolute Gasteiger partial charge is 0.303 e. The predicted octanol–water partition coefficient (Wildman–Crippen LogP) is 1.71. The van der Waals surface area contributed by atoms with Crippen LogP contribution < -0.4 is 0 Å². The summed E-state index contributed by atoms with van der Waals surface area (Å²) in [5.74, 6) is 2.13. The first-order valence-electron chi connectivity index (χ1n) is 4.24. The molecule has 1 aromatic heterocycles. The van der Waals surface area contributed by atoms with E-state index in [2.05, 4.69) is 10.9 Å². The van der Waals surface area contributed by atoms with Gasteiger partial charge in [-0.05, 0) is 6.07 Å². The molecule has 3 heteroatoms. The molecule has 0 bridgehead atoms. The van der Waals surface area contributed by atoms with Crippen molar-refractivity contribution in [1.82, 2.24) is 4.98 Å². The number of pyridine rings is 1. The van der Waals surface area contributed by atoms with E-state index in [4.69, 9.17) is 11.2 Å². The number of nitrogens with zero attached hydrogens (tertiary/aromatic N) is 1. The fourth-order valence-corrected chi connectivity index (χ4v) is 1.10. The first kappa shape index (κ1) is 10.3. The van der Waals surface area contributed by atoms with Gasteiger partial charge in [0, 0.05) is 24.9 Å². The topological polar surface area (TPSA) is 39.2 Å². The quantitative estimate of drug-likeness (QED) is 0.536. The van der Waals surface area contributed by atoms with Gasteiger partial charge in [0.2, 0.25) is 0 Å². The van der Waals surface area contributed by atoms with Crippen LogP contribution >= 0.6 is 0 Å². The lowest BCUT2D eigenvalue weighted by molar-refractivity contribution is -0.146. The molecule has 0 radical (unpaired) electrons. The van der Waals surface area contributed by atoms with E-state index in [1.165, 1.54) is 6.92 Å². The second kappa shape index (κ2) is 5.03. The van der Waals surface area contributed by atoms with Crippen molar-refractivity contribution in [2.45, 2.75) is 19.4 Å². The summed E-state index contributed by atoms with van der Waals surface area (Å²) in [6, 6.07) is 3.61. The van der Waals surface area contributed by atoms with Crippen molar-refractivity contribution in [2.75, 3.05) is 0 Å². The Balaban J connectivity index is 2.78. The SMILES string of the molecule is C#CCC(OC(C)=O)c1cccnc1. The largest absolute Gasteiger partial charge is 0.457 e. The van der Waals surface area contributed by atoms with Gasteiger partial charge in [0.25, 0.3) is 0 Å². The first-order chi connectivity index (χ1) is 6.74. The number of terminal acetylenes is 1. The Hall–Kier alpha value is -1.82. The molecule has 0 aliphatic heterocycles. The van der Waals surface area contributed by atoms with Gasteiger partial charge in [0.05, 0.1) is 6.42 Å². The Morgan fingerprint density at radius 3 is 3.07 bits per heavy atom. The number of hydrogen-bond acceptors (Lipinski definition) is 3. The van der Waals surface area contributed by atoms with Crippen LogP contribution in [-0.4, -0.2) is 11.0 Å². The maximum Gasteiger partial charge on any atom is 0.303 e. The van der Waals surface area contributed by atoms with Crippen molar-refractivity contribution in [2.24, 2.45) is 0 Å². The van der Waals surface area contributed by atoms with Crippen molar-refractivity contribution in [3.05, 3.63) is 30.1 Å². The summed E-state index contributed by atoms with van der Waals surface area (Å²) in [4.78, 5) is 14.7. The minimum absolute atomic E-state index is 0.339. The number of hydrogen-bond donors (Lipinski definition) is 0. The van der Waals surface area contributed by atoms with Crippen LogP contribution in [0, 0.1) is 12.3 Å². The molecule has 1 heterocycles. The highest BCUT2D eigenvalue weighted by atomic mass is 16.5. The van der Waals surface area contributed by atoms with Crippen LogP contribution in [0.2, 0.25) is 0 Å². The number of rotatable bonds is 3. The number of ether oxygens (including phenoxy) is 1. The third-order valence-corrected chi connectivity index (χ3v) is 1.67. The number of carbonyl (C=O) groups is 1. The molecule has 0 aliphatic rings. The maximum atomic E-state index is 10.8. The van der Waals surface area contributed by atoms with E-state index in [0.29, 0.717) is 6.42 Å². The highest BCUT2D eigenvalue weighted by Crippen LogP contribution is 2.19. The molecule has 0 aromatic carbocycles. The van der Waals surface area contributed by atoms with E-state index in [0.717, 1.165) is 5.56 Å². The lowest BCUT2D eigenvalue weighted by Gasteiger charge is -2.13. The predicted molar refractivity (Wildman–Crippen MR) is 52.2 cm³/mol. The molecular formula is C11H11NO2. The Labute approximate surface area is 83.1 Å². The summed E-state index contributed by atoms with van der Waals surface area (Å²) in [5, 5.41) is 0. The van der Waals surface area contributed by atoms with Crippen LogP contribution in [0.1, 0.15) is 25.0 Å². The summed E-state index contributed by atoms with van der Waals surface area (Å²) in [7, 11) is 0.